The Morgan fingerprint density at radius 3 is 2.38 bits per heavy atom. The molecule has 0 aromatic carbocycles. The van der Waals surface area contributed by atoms with E-state index in [0.717, 1.165) is 19.4 Å². The molecule has 9 heteroatoms. The molecule has 8 nitrogen and oxygen atoms in total. The van der Waals surface area contributed by atoms with Crippen molar-refractivity contribution < 1.29 is 13.2 Å². The zero-order valence-corrected chi connectivity index (χ0v) is 17.4. The summed E-state index contributed by atoms with van der Waals surface area (Å²) in [4.78, 5) is 16.0. The zero-order valence-electron chi connectivity index (χ0n) is 16.5. The van der Waals surface area contributed by atoms with E-state index >= 15 is 0 Å². The number of aliphatic imine (C=N–C) groups is 1. The largest absolute Gasteiger partial charge is 0.357 e. The summed E-state index contributed by atoms with van der Waals surface area (Å²) in [5, 5.41) is 9.42. The monoisotopic (exact) mass is 389 g/mol. The summed E-state index contributed by atoms with van der Waals surface area (Å²) in [6.45, 7) is 10.4. The summed E-state index contributed by atoms with van der Waals surface area (Å²) in [6, 6.07) is 0.200. The quantitative estimate of drug-likeness (QED) is 0.303. The van der Waals surface area contributed by atoms with Crippen molar-refractivity contribution in [2.45, 2.75) is 53.0 Å². The van der Waals surface area contributed by atoms with Crippen molar-refractivity contribution in [1.82, 2.24) is 20.3 Å². The predicted octanol–water partition coefficient (Wildman–Crippen LogP) is 0.518. The van der Waals surface area contributed by atoms with E-state index in [4.69, 9.17) is 0 Å². The number of amides is 1. The number of hydrogen-bond acceptors (Lipinski definition) is 4. The molecule has 0 bridgehead atoms. The molecule has 3 N–H and O–H groups in total. The highest BCUT2D eigenvalue weighted by atomic mass is 32.2. The van der Waals surface area contributed by atoms with Gasteiger partial charge in [0.2, 0.25) is 15.9 Å². The van der Waals surface area contributed by atoms with E-state index in [1.54, 1.807) is 4.31 Å². The lowest BCUT2D eigenvalue weighted by Gasteiger charge is -2.32. The summed E-state index contributed by atoms with van der Waals surface area (Å²) in [5.41, 5.74) is 0. The summed E-state index contributed by atoms with van der Waals surface area (Å²) < 4.78 is 25.9. The third-order valence-corrected chi connectivity index (χ3v) is 6.28. The highest BCUT2D eigenvalue weighted by molar-refractivity contribution is 7.89. The minimum atomic E-state index is -3.11. The topological polar surface area (TPSA) is 103 Å². The Bertz CT molecular complexity index is 555. The lowest BCUT2D eigenvalue weighted by Crippen LogP contribution is -2.50. The van der Waals surface area contributed by atoms with Crippen LogP contribution in [0.2, 0.25) is 0 Å². The van der Waals surface area contributed by atoms with E-state index in [0.29, 0.717) is 38.6 Å². The van der Waals surface area contributed by atoms with Gasteiger partial charge in [0.05, 0.1) is 12.3 Å². The first kappa shape index (κ1) is 22.7. The number of sulfonamides is 1. The Kier molecular flexibility index (Phi) is 9.93. The second-order valence-electron chi connectivity index (χ2n) is 6.84. The molecule has 0 aliphatic carbocycles. The fourth-order valence-electron chi connectivity index (χ4n) is 2.73. The Balaban J connectivity index is 2.46. The zero-order chi connectivity index (χ0) is 19.6. The van der Waals surface area contributed by atoms with Gasteiger partial charge in [-0.25, -0.2) is 12.7 Å². The maximum absolute atomic E-state index is 12.1. The molecule has 0 radical (unpaired) electrons. The second-order valence-corrected chi connectivity index (χ2v) is 8.93. The van der Waals surface area contributed by atoms with E-state index in [-0.39, 0.29) is 23.6 Å². The van der Waals surface area contributed by atoms with Gasteiger partial charge in [-0.15, -0.1) is 0 Å². The predicted molar refractivity (Wildman–Crippen MR) is 106 cm³/mol. The van der Waals surface area contributed by atoms with Gasteiger partial charge in [0.25, 0.3) is 0 Å². The molecule has 0 atom stereocenters. The minimum Gasteiger partial charge on any atom is -0.357 e. The SMILES string of the molecule is CCCS(=O)(=O)N1CCC(NC(=NCCNC(=O)C(C)C)NCC)CC1. The van der Waals surface area contributed by atoms with Gasteiger partial charge in [0.1, 0.15) is 0 Å². The molecule has 0 saturated carbocycles. The highest BCUT2D eigenvalue weighted by Crippen LogP contribution is 2.15. The number of carbonyl (C=O) groups excluding carboxylic acids is 1. The van der Waals surface area contributed by atoms with Crippen molar-refractivity contribution >= 4 is 21.9 Å². The third-order valence-electron chi connectivity index (χ3n) is 4.20. The van der Waals surface area contributed by atoms with Crippen LogP contribution in [0.15, 0.2) is 4.99 Å². The molecule has 1 heterocycles. The van der Waals surface area contributed by atoms with Gasteiger partial charge in [0, 0.05) is 38.1 Å². The smallest absolute Gasteiger partial charge is 0.222 e. The van der Waals surface area contributed by atoms with Crippen LogP contribution in [0.3, 0.4) is 0 Å². The van der Waals surface area contributed by atoms with Crippen LogP contribution in [0.5, 0.6) is 0 Å². The molecule has 1 saturated heterocycles. The van der Waals surface area contributed by atoms with Gasteiger partial charge in [-0.2, -0.15) is 0 Å². The Labute approximate surface area is 158 Å². The number of nitrogens with zero attached hydrogens (tertiary/aromatic N) is 2. The average Bonchev–Trinajstić information content (AvgIpc) is 2.59. The molecule has 0 spiro atoms. The molecular weight excluding hydrogens is 354 g/mol. The van der Waals surface area contributed by atoms with Gasteiger partial charge in [-0.1, -0.05) is 20.8 Å². The van der Waals surface area contributed by atoms with Crippen molar-refractivity contribution in [3.63, 3.8) is 0 Å². The van der Waals surface area contributed by atoms with Crippen LogP contribution < -0.4 is 16.0 Å². The van der Waals surface area contributed by atoms with Crippen molar-refractivity contribution in [3.8, 4) is 0 Å². The van der Waals surface area contributed by atoms with Gasteiger partial charge >= 0.3 is 0 Å². The van der Waals surface area contributed by atoms with Crippen molar-refractivity contribution in [1.29, 1.82) is 0 Å². The minimum absolute atomic E-state index is 0.0267. The van der Waals surface area contributed by atoms with Crippen LogP contribution >= 0.6 is 0 Å². The van der Waals surface area contributed by atoms with Gasteiger partial charge in [-0.3, -0.25) is 9.79 Å². The molecule has 0 aromatic rings. The standard InChI is InChI=1S/C17H35N5O3S/c1-5-13-26(24,25)22-11-7-15(8-12-22)21-17(18-6-2)20-10-9-19-16(23)14(3)4/h14-15H,5-13H2,1-4H3,(H,19,23)(H2,18,20,21). The molecular formula is C17H35N5O3S. The van der Waals surface area contributed by atoms with Crippen LogP contribution in [0, 0.1) is 5.92 Å². The molecule has 1 rings (SSSR count). The summed E-state index contributed by atoms with van der Waals surface area (Å²) in [6.07, 6.45) is 2.17. The van der Waals surface area contributed by atoms with E-state index in [9.17, 15) is 13.2 Å². The second kappa shape index (κ2) is 11.4. The van der Waals surface area contributed by atoms with Crippen LogP contribution in [0.25, 0.3) is 0 Å². The summed E-state index contributed by atoms with van der Waals surface area (Å²) >= 11 is 0. The fraction of sp³-hybridized carbons (Fsp3) is 0.882. The molecule has 1 amide bonds. The molecule has 1 aliphatic rings. The third kappa shape index (κ3) is 7.90. The van der Waals surface area contributed by atoms with Gasteiger partial charge in [0.15, 0.2) is 5.96 Å². The Morgan fingerprint density at radius 2 is 1.85 bits per heavy atom. The Morgan fingerprint density at radius 1 is 1.19 bits per heavy atom. The maximum Gasteiger partial charge on any atom is 0.222 e. The Hall–Kier alpha value is -1.35. The number of guanidine groups is 1. The number of carbonyl (C=O) groups is 1. The van der Waals surface area contributed by atoms with Crippen LogP contribution in [-0.4, -0.2) is 69.1 Å². The average molecular weight is 390 g/mol. The van der Waals surface area contributed by atoms with Gasteiger partial charge in [-0.05, 0) is 26.2 Å². The molecule has 0 aromatic heterocycles. The fourth-order valence-corrected chi connectivity index (χ4v) is 4.27. The van der Waals surface area contributed by atoms with E-state index < -0.39 is 10.0 Å². The number of hydrogen-bond donors (Lipinski definition) is 3. The molecule has 1 fully saturated rings. The van der Waals surface area contributed by atoms with Crippen LogP contribution in [0.1, 0.15) is 47.0 Å². The number of rotatable bonds is 9. The first-order valence-corrected chi connectivity index (χ1v) is 11.2. The number of piperidine rings is 1. The van der Waals surface area contributed by atoms with E-state index in [1.165, 1.54) is 0 Å². The highest BCUT2D eigenvalue weighted by Gasteiger charge is 2.27. The molecule has 1 aliphatic heterocycles. The van der Waals surface area contributed by atoms with E-state index in [1.807, 2.05) is 27.7 Å². The van der Waals surface area contributed by atoms with Crippen LogP contribution in [0.4, 0.5) is 0 Å². The summed E-state index contributed by atoms with van der Waals surface area (Å²) in [5.74, 6) is 0.927. The summed E-state index contributed by atoms with van der Waals surface area (Å²) in [7, 11) is -3.11. The van der Waals surface area contributed by atoms with Crippen LogP contribution in [-0.2, 0) is 14.8 Å². The maximum atomic E-state index is 12.1. The van der Waals surface area contributed by atoms with Crippen molar-refractivity contribution in [2.24, 2.45) is 10.9 Å². The lowest BCUT2D eigenvalue weighted by atomic mass is 10.1. The molecule has 26 heavy (non-hydrogen) atoms. The first-order valence-electron chi connectivity index (χ1n) is 9.60. The normalized spacial score (nSPS) is 17.3. The molecule has 0 unspecified atom stereocenters. The first-order chi connectivity index (χ1) is 12.3. The number of nitrogens with one attached hydrogen (secondary N) is 3. The van der Waals surface area contributed by atoms with E-state index in [2.05, 4.69) is 20.9 Å². The molecule has 152 valence electrons. The van der Waals surface area contributed by atoms with Gasteiger partial charge < -0.3 is 16.0 Å². The van der Waals surface area contributed by atoms with Crippen molar-refractivity contribution in [3.05, 3.63) is 0 Å². The van der Waals surface area contributed by atoms with Crippen molar-refractivity contribution in [2.75, 3.05) is 38.5 Å². The lowest BCUT2D eigenvalue weighted by molar-refractivity contribution is -0.123.